The van der Waals surface area contributed by atoms with Crippen molar-refractivity contribution >= 4 is 39.3 Å². The third-order valence-electron chi connectivity index (χ3n) is 5.01. The fourth-order valence-electron chi connectivity index (χ4n) is 3.32. The van der Waals surface area contributed by atoms with Crippen LogP contribution in [0.25, 0.3) is 5.69 Å². The summed E-state index contributed by atoms with van der Waals surface area (Å²) < 4.78 is 30.5. The number of carbonyl (C=O) groups is 1. The van der Waals surface area contributed by atoms with Crippen molar-refractivity contribution < 1.29 is 17.9 Å². The minimum absolute atomic E-state index is 0.0698. The van der Waals surface area contributed by atoms with Crippen molar-refractivity contribution in [3.8, 4) is 5.69 Å². The van der Waals surface area contributed by atoms with Crippen molar-refractivity contribution in [1.82, 2.24) is 14.8 Å². The van der Waals surface area contributed by atoms with Crippen LogP contribution in [-0.2, 0) is 19.6 Å². The van der Waals surface area contributed by atoms with E-state index in [0.29, 0.717) is 43.1 Å². The second-order valence-corrected chi connectivity index (χ2v) is 10.2. The lowest BCUT2D eigenvalue weighted by molar-refractivity contribution is -0.115. The zero-order chi connectivity index (χ0) is 23.4. The monoisotopic (exact) mass is 488 g/mol. The van der Waals surface area contributed by atoms with Crippen molar-refractivity contribution in [2.75, 3.05) is 36.5 Å². The summed E-state index contributed by atoms with van der Waals surface area (Å²) >= 11 is 1.26. The van der Waals surface area contributed by atoms with E-state index in [1.165, 1.54) is 30.0 Å². The molecule has 2 heterocycles. The van der Waals surface area contributed by atoms with Crippen molar-refractivity contribution in [2.45, 2.75) is 22.2 Å². The quantitative estimate of drug-likeness (QED) is 0.482. The Morgan fingerprint density at radius 3 is 2.55 bits per heavy atom. The minimum Gasteiger partial charge on any atom is -0.378 e. The Kier molecular flexibility index (Phi) is 6.98. The van der Waals surface area contributed by atoms with E-state index in [9.17, 15) is 13.2 Å². The number of carbonyl (C=O) groups excluding carboxylic acids is 1. The van der Waals surface area contributed by atoms with Crippen LogP contribution in [0.5, 0.6) is 0 Å². The number of primary sulfonamides is 1. The van der Waals surface area contributed by atoms with E-state index in [0.717, 1.165) is 5.69 Å². The number of sulfonamides is 1. The highest BCUT2D eigenvalue weighted by Crippen LogP contribution is 2.30. The number of nitrogens with zero attached hydrogens (tertiary/aromatic N) is 4. The van der Waals surface area contributed by atoms with Crippen molar-refractivity contribution in [1.29, 1.82) is 0 Å². The Labute approximate surface area is 196 Å². The number of benzene rings is 2. The summed E-state index contributed by atoms with van der Waals surface area (Å²) in [6.45, 7) is 4.38. The molecule has 0 aliphatic carbocycles. The average Bonchev–Trinajstić information content (AvgIpc) is 3.23. The molecule has 4 rings (SSSR count). The number of ether oxygens (including phenoxy) is 1. The van der Waals surface area contributed by atoms with Gasteiger partial charge in [-0.15, -0.1) is 10.2 Å². The van der Waals surface area contributed by atoms with Gasteiger partial charge in [0.25, 0.3) is 0 Å². The van der Waals surface area contributed by atoms with Gasteiger partial charge < -0.3 is 15.0 Å². The first-order chi connectivity index (χ1) is 15.8. The van der Waals surface area contributed by atoms with Gasteiger partial charge in [-0.3, -0.25) is 9.36 Å². The van der Waals surface area contributed by atoms with E-state index in [1.54, 1.807) is 13.0 Å². The van der Waals surface area contributed by atoms with E-state index in [4.69, 9.17) is 9.88 Å². The molecule has 12 heteroatoms. The number of para-hydroxylation sites is 1. The molecule has 3 N–H and O–H groups in total. The molecule has 0 spiro atoms. The SMILES string of the molecule is CC(Sc1nnc(N2CCOCC2)n1-c1ccccc1)C(=O)Nc1cccc(S(N)(=O)=O)c1. The first-order valence-corrected chi connectivity index (χ1v) is 12.7. The summed E-state index contributed by atoms with van der Waals surface area (Å²) in [6.07, 6.45) is 0. The predicted molar refractivity (Wildman–Crippen MR) is 126 cm³/mol. The Balaban J connectivity index is 1.56. The standard InChI is InChI=1S/C21H24N6O4S2/c1-15(19(28)23-16-6-5-9-18(14-16)33(22,29)30)32-21-25-24-20(26-10-12-31-13-11-26)27(21)17-7-3-2-4-8-17/h2-9,14-15H,10-13H2,1H3,(H,23,28)(H2,22,29,30). The topological polar surface area (TPSA) is 132 Å². The normalized spacial score (nSPS) is 15.3. The summed E-state index contributed by atoms with van der Waals surface area (Å²) in [4.78, 5) is 14.9. The number of rotatable bonds is 7. The molecule has 0 bridgehead atoms. The first kappa shape index (κ1) is 23.2. The van der Waals surface area contributed by atoms with E-state index in [-0.39, 0.29) is 10.8 Å². The maximum Gasteiger partial charge on any atom is 0.238 e. The Morgan fingerprint density at radius 1 is 1.12 bits per heavy atom. The van der Waals surface area contributed by atoms with Crippen LogP contribution in [0.4, 0.5) is 11.6 Å². The number of thioether (sulfide) groups is 1. The molecule has 0 radical (unpaired) electrons. The largest absolute Gasteiger partial charge is 0.378 e. The Hall–Kier alpha value is -2.93. The van der Waals surface area contributed by atoms with Gasteiger partial charge in [0.05, 0.1) is 29.0 Å². The van der Waals surface area contributed by atoms with Crippen LogP contribution in [0.15, 0.2) is 64.6 Å². The zero-order valence-corrected chi connectivity index (χ0v) is 19.6. The molecule has 1 aliphatic rings. The molecule has 1 atom stereocenters. The van der Waals surface area contributed by atoms with Crippen LogP contribution in [0.1, 0.15) is 6.92 Å². The number of hydrogen-bond donors (Lipinski definition) is 2. The summed E-state index contributed by atoms with van der Waals surface area (Å²) in [7, 11) is -3.87. The van der Waals surface area contributed by atoms with Gasteiger partial charge in [0.2, 0.25) is 21.9 Å². The molecule has 1 fully saturated rings. The van der Waals surface area contributed by atoms with Gasteiger partial charge in [-0.25, -0.2) is 13.6 Å². The Morgan fingerprint density at radius 2 is 1.85 bits per heavy atom. The number of amides is 1. The second kappa shape index (κ2) is 9.91. The van der Waals surface area contributed by atoms with Crippen molar-refractivity contribution in [3.05, 3.63) is 54.6 Å². The fraction of sp³-hybridized carbons (Fsp3) is 0.286. The highest BCUT2D eigenvalue weighted by atomic mass is 32.2. The Bertz CT molecular complexity index is 1230. The van der Waals surface area contributed by atoms with Gasteiger partial charge in [0.1, 0.15) is 0 Å². The van der Waals surface area contributed by atoms with Gasteiger partial charge in [-0.2, -0.15) is 0 Å². The maximum absolute atomic E-state index is 12.8. The van der Waals surface area contributed by atoms with E-state index >= 15 is 0 Å². The van der Waals surface area contributed by atoms with Crippen molar-refractivity contribution in [3.63, 3.8) is 0 Å². The predicted octanol–water partition coefficient (Wildman–Crippen LogP) is 1.87. The number of morpholine rings is 1. The average molecular weight is 489 g/mol. The molecule has 10 nitrogen and oxygen atoms in total. The van der Waals surface area contributed by atoms with Crippen LogP contribution >= 0.6 is 11.8 Å². The molecule has 1 aliphatic heterocycles. The number of anilines is 2. The van der Waals surface area contributed by atoms with Gasteiger partial charge >= 0.3 is 0 Å². The van der Waals surface area contributed by atoms with Gasteiger partial charge in [0.15, 0.2) is 5.16 Å². The third-order valence-corrected chi connectivity index (χ3v) is 6.96. The van der Waals surface area contributed by atoms with E-state index < -0.39 is 15.3 Å². The summed E-state index contributed by atoms with van der Waals surface area (Å²) in [5, 5.41) is 16.7. The summed E-state index contributed by atoms with van der Waals surface area (Å²) in [6, 6.07) is 15.5. The number of nitrogens with one attached hydrogen (secondary N) is 1. The van der Waals surface area contributed by atoms with E-state index in [2.05, 4.69) is 20.4 Å². The molecule has 1 amide bonds. The zero-order valence-electron chi connectivity index (χ0n) is 17.9. The lowest BCUT2D eigenvalue weighted by atomic mass is 10.3. The number of nitrogens with two attached hydrogens (primary N) is 1. The van der Waals surface area contributed by atoms with Gasteiger partial charge in [-0.1, -0.05) is 36.0 Å². The number of hydrogen-bond acceptors (Lipinski definition) is 8. The molecule has 1 unspecified atom stereocenters. The molecule has 0 saturated carbocycles. The van der Waals surface area contributed by atoms with Gasteiger partial charge in [-0.05, 0) is 37.3 Å². The van der Waals surface area contributed by atoms with Crippen LogP contribution in [0.3, 0.4) is 0 Å². The lowest BCUT2D eigenvalue weighted by Gasteiger charge is -2.28. The van der Waals surface area contributed by atoms with Crippen LogP contribution in [0.2, 0.25) is 0 Å². The molecule has 3 aromatic rings. The minimum atomic E-state index is -3.87. The molecular weight excluding hydrogens is 464 g/mol. The molecular formula is C21H24N6O4S2. The maximum atomic E-state index is 12.8. The highest BCUT2D eigenvalue weighted by molar-refractivity contribution is 8.00. The molecule has 1 aromatic heterocycles. The number of aromatic nitrogens is 3. The fourth-order valence-corrected chi connectivity index (χ4v) is 4.74. The van der Waals surface area contributed by atoms with Crippen LogP contribution in [0, 0.1) is 0 Å². The highest BCUT2D eigenvalue weighted by Gasteiger charge is 2.25. The van der Waals surface area contributed by atoms with Crippen LogP contribution in [-0.4, -0.2) is 60.6 Å². The summed E-state index contributed by atoms with van der Waals surface area (Å²) in [5.74, 6) is 0.391. The van der Waals surface area contributed by atoms with Crippen LogP contribution < -0.4 is 15.4 Å². The smallest absolute Gasteiger partial charge is 0.238 e. The molecule has 33 heavy (non-hydrogen) atoms. The summed E-state index contributed by atoms with van der Waals surface area (Å²) in [5.41, 5.74) is 1.23. The lowest BCUT2D eigenvalue weighted by Crippen LogP contribution is -2.37. The van der Waals surface area contributed by atoms with E-state index in [1.807, 2.05) is 34.9 Å². The molecule has 174 valence electrons. The second-order valence-electron chi connectivity index (χ2n) is 7.38. The third kappa shape index (κ3) is 5.53. The first-order valence-electron chi connectivity index (χ1n) is 10.3. The molecule has 1 saturated heterocycles. The van der Waals surface area contributed by atoms with Crippen molar-refractivity contribution in [2.24, 2.45) is 5.14 Å². The van der Waals surface area contributed by atoms with Gasteiger partial charge in [0, 0.05) is 18.8 Å². The molecule has 2 aromatic carbocycles.